The fourth-order valence-corrected chi connectivity index (χ4v) is 3.28. The molecule has 29 heavy (non-hydrogen) atoms. The number of aliphatic hydroxyl groups excluding tert-OH is 1. The number of carbonyl (C=O) groups is 1. The zero-order chi connectivity index (χ0) is 21.3. The minimum absolute atomic E-state index is 0.0258. The average Bonchev–Trinajstić information content (AvgIpc) is 3.18. The van der Waals surface area contributed by atoms with Crippen LogP contribution in [0, 0.1) is 5.92 Å². The lowest BCUT2D eigenvalue weighted by Crippen LogP contribution is -2.34. The molecular weight excluding hydrogens is 415 g/mol. The number of nitrogens with one attached hydrogen (secondary N) is 2. The molecule has 7 N–H and O–H groups in total. The Kier molecular flexibility index (Phi) is 5.88. The minimum Gasteiger partial charge on any atom is -0.449 e. The molecule has 2 aromatic rings. The lowest BCUT2D eigenvalue weighted by molar-refractivity contribution is -0.0491. The molecule has 0 unspecified atom stereocenters. The molecular formula is C13H19N6O9P. The van der Waals surface area contributed by atoms with Crippen molar-refractivity contribution in [2.75, 3.05) is 26.0 Å². The molecule has 3 rings (SSSR count). The number of aromatic amines is 1. The molecule has 1 aliphatic rings. The van der Waals surface area contributed by atoms with Crippen LogP contribution >= 0.6 is 7.82 Å². The predicted molar refractivity (Wildman–Crippen MR) is 94.4 cm³/mol. The van der Waals surface area contributed by atoms with Gasteiger partial charge in [0.1, 0.15) is 12.7 Å². The molecule has 3 heterocycles. The van der Waals surface area contributed by atoms with Gasteiger partial charge in [0.25, 0.3) is 5.56 Å². The lowest BCUT2D eigenvalue weighted by Gasteiger charge is -2.20. The van der Waals surface area contributed by atoms with Crippen molar-refractivity contribution in [3.8, 4) is 0 Å². The second-order valence-corrected chi connectivity index (χ2v) is 7.37. The summed E-state index contributed by atoms with van der Waals surface area (Å²) in [6.45, 7) is -0.933. The molecule has 16 heteroatoms. The van der Waals surface area contributed by atoms with Gasteiger partial charge in [-0.2, -0.15) is 4.98 Å². The molecule has 1 fully saturated rings. The van der Waals surface area contributed by atoms with Crippen LogP contribution in [0.3, 0.4) is 0 Å². The molecule has 0 saturated carbocycles. The van der Waals surface area contributed by atoms with Crippen LogP contribution in [0.4, 0.5) is 10.7 Å². The van der Waals surface area contributed by atoms with Crippen molar-refractivity contribution < 1.29 is 38.3 Å². The van der Waals surface area contributed by atoms with Crippen molar-refractivity contribution in [1.29, 1.82) is 0 Å². The number of rotatable bonds is 6. The summed E-state index contributed by atoms with van der Waals surface area (Å²) in [6.07, 6.45) is -3.14. The Hall–Kier alpha value is -2.55. The second-order valence-electron chi connectivity index (χ2n) is 6.13. The first-order valence-corrected chi connectivity index (χ1v) is 9.74. The van der Waals surface area contributed by atoms with Crippen molar-refractivity contribution in [2.24, 2.45) is 5.92 Å². The van der Waals surface area contributed by atoms with Crippen molar-refractivity contribution in [3.05, 3.63) is 16.7 Å². The Labute approximate surface area is 162 Å². The van der Waals surface area contributed by atoms with E-state index in [0.29, 0.717) is 0 Å². The number of phosphoric acid groups is 1. The number of ether oxygens (including phenoxy) is 2. The number of nitrogen functional groups attached to an aromatic ring is 1. The fraction of sp³-hybridized carbons (Fsp3) is 0.538. The van der Waals surface area contributed by atoms with Crippen molar-refractivity contribution >= 4 is 31.0 Å². The van der Waals surface area contributed by atoms with E-state index in [-0.39, 0.29) is 23.7 Å². The fourth-order valence-electron chi connectivity index (χ4n) is 2.93. The third kappa shape index (κ3) is 4.55. The monoisotopic (exact) mass is 434 g/mol. The summed E-state index contributed by atoms with van der Waals surface area (Å²) in [5.74, 6) is -1.10. The Balaban J connectivity index is 1.90. The molecule has 2 aromatic heterocycles. The van der Waals surface area contributed by atoms with Crippen LogP contribution in [0.2, 0.25) is 0 Å². The number of hydrogen-bond acceptors (Lipinski definition) is 10. The Morgan fingerprint density at radius 1 is 1.48 bits per heavy atom. The number of anilines is 1. The molecule has 0 aliphatic carbocycles. The van der Waals surface area contributed by atoms with Gasteiger partial charge in [-0.15, -0.1) is 0 Å². The summed E-state index contributed by atoms with van der Waals surface area (Å²) >= 11 is 0. The first-order valence-electron chi connectivity index (χ1n) is 8.21. The normalized spacial score (nSPS) is 24.7. The highest BCUT2D eigenvalue weighted by Crippen LogP contribution is 2.40. The molecule has 1 aliphatic heterocycles. The largest absolute Gasteiger partial charge is 0.469 e. The van der Waals surface area contributed by atoms with Crippen molar-refractivity contribution in [3.63, 3.8) is 0 Å². The predicted octanol–water partition coefficient (Wildman–Crippen LogP) is -1.96. The molecule has 0 spiro atoms. The highest BCUT2D eigenvalue weighted by molar-refractivity contribution is 7.46. The Morgan fingerprint density at radius 2 is 2.21 bits per heavy atom. The highest BCUT2D eigenvalue weighted by atomic mass is 31.2. The number of alkyl carbamates (subject to hydrolysis) is 1. The number of fused-ring (bicyclic) bond motifs is 1. The number of amides is 1. The smallest absolute Gasteiger partial charge is 0.449 e. The SMILES string of the molecule is CNC(=O)OC[C@H]1[C@@H](O)[C@H](n2cnc3c(=O)[nH]c(N)nc32)O[C@@H]1COP(=O)(O)O. The van der Waals surface area contributed by atoms with Gasteiger partial charge in [-0.05, 0) is 0 Å². The maximum atomic E-state index is 11.9. The highest BCUT2D eigenvalue weighted by Gasteiger charge is 2.46. The number of carbonyl (C=O) groups excluding carboxylic acids is 1. The molecule has 160 valence electrons. The van der Waals surface area contributed by atoms with E-state index in [1.165, 1.54) is 17.9 Å². The van der Waals surface area contributed by atoms with Gasteiger partial charge in [0.2, 0.25) is 5.95 Å². The quantitative estimate of drug-likeness (QED) is 0.273. The van der Waals surface area contributed by atoms with E-state index >= 15 is 0 Å². The zero-order valence-corrected chi connectivity index (χ0v) is 15.9. The van der Waals surface area contributed by atoms with E-state index in [4.69, 9.17) is 25.0 Å². The molecule has 15 nitrogen and oxygen atoms in total. The van der Waals surface area contributed by atoms with Gasteiger partial charge >= 0.3 is 13.9 Å². The summed E-state index contributed by atoms with van der Waals surface area (Å²) in [5.41, 5.74) is 4.93. The van der Waals surface area contributed by atoms with E-state index in [1.54, 1.807) is 0 Å². The standard InChI is InChI=1S/C13H19N6O9P/c1-15-13(22)26-2-5-6(3-27-29(23,24)25)28-11(8(5)20)19-4-16-7-9(19)17-12(14)18-10(7)21/h4-6,8,11,20H,2-3H2,1H3,(H,15,22)(H2,23,24,25)(H3,14,17,18,21)/t5-,6-,8-,11-/m1/s1. The van der Waals surface area contributed by atoms with Crippen LogP contribution < -0.4 is 16.6 Å². The number of H-pyrrole nitrogens is 1. The molecule has 0 radical (unpaired) electrons. The van der Waals surface area contributed by atoms with Crippen LogP contribution in [0.15, 0.2) is 11.1 Å². The summed E-state index contributed by atoms with van der Waals surface area (Å²) in [5, 5.41) is 13.0. The number of nitrogens with zero attached hydrogens (tertiary/aromatic N) is 3. The number of hydrogen-bond donors (Lipinski definition) is 6. The van der Waals surface area contributed by atoms with Crippen LogP contribution in [0.25, 0.3) is 11.2 Å². The van der Waals surface area contributed by atoms with Crippen LogP contribution in [0.1, 0.15) is 6.23 Å². The minimum atomic E-state index is -4.82. The summed E-state index contributed by atoms with van der Waals surface area (Å²) < 4.78 is 27.4. The Bertz CT molecular complexity index is 1000. The summed E-state index contributed by atoms with van der Waals surface area (Å²) in [6, 6.07) is 0. The van der Waals surface area contributed by atoms with Crippen molar-refractivity contribution in [2.45, 2.75) is 18.4 Å². The van der Waals surface area contributed by atoms with Gasteiger partial charge in [-0.3, -0.25) is 18.9 Å². The first-order chi connectivity index (χ1) is 13.6. The topological polar surface area (TPSA) is 224 Å². The molecule has 0 bridgehead atoms. The van der Waals surface area contributed by atoms with Gasteiger partial charge in [-0.1, -0.05) is 0 Å². The number of aliphatic hydroxyl groups is 1. The number of phosphoric ester groups is 1. The van der Waals surface area contributed by atoms with Gasteiger partial charge in [0.15, 0.2) is 17.4 Å². The maximum absolute atomic E-state index is 11.9. The Morgan fingerprint density at radius 3 is 2.86 bits per heavy atom. The van der Waals surface area contributed by atoms with Crippen LogP contribution in [-0.4, -0.2) is 73.0 Å². The molecule has 1 amide bonds. The number of imidazole rings is 1. The van der Waals surface area contributed by atoms with E-state index in [9.17, 15) is 19.3 Å². The number of aromatic nitrogens is 4. The van der Waals surface area contributed by atoms with Gasteiger partial charge in [0.05, 0.1) is 25.0 Å². The zero-order valence-electron chi connectivity index (χ0n) is 15.0. The third-order valence-corrected chi connectivity index (χ3v) is 4.75. The first kappa shape index (κ1) is 21.2. The molecule has 0 aromatic carbocycles. The molecule has 4 atom stereocenters. The van der Waals surface area contributed by atoms with Gasteiger partial charge in [-0.25, -0.2) is 14.3 Å². The van der Waals surface area contributed by atoms with E-state index < -0.39 is 50.4 Å². The van der Waals surface area contributed by atoms with E-state index in [2.05, 4.69) is 24.8 Å². The van der Waals surface area contributed by atoms with Crippen LogP contribution in [0.5, 0.6) is 0 Å². The average molecular weight is 434 g/mol. The van der Waals surface area contributed by atoms with E-state index in [1.807, 2.05) is 0 Å². The third-order valence-electron chi connectivity index (χ3n) is 4.27. The van der Waals surface area contributed by atoms with E-state index in [0.717, 1.165) is 0 Å². The summed E-state index contributed by atoms with van der Waals surface area (Å²) in [7, 11) is -3.48. The van der Waals surface area contributed by atoms with Crippen molar-refractivity contribution in [1.82, 2.24) is 24.8 Å². The second kappa shape index (κ2) is 8.06. The number of nitrogens with two attached hydrogens (primary N) is 1. The summed E-state index contributed by atoms with van der Waals surface area (Å²) in [4.78, 5) is 51.4. The van der Waals surface area contributed by atoms with Gasteiger partial charge < -0.3 is 35.4 Å². The lowest BCUT2D eigenvalue weighted by atomic mass is 9.99. The molecule has 1 saturated heterocycles. The van der Waals surface area contributed by atoms with Crippen LogP contribution in [-0.2, 0) is 18.6 Å². The maximum Gasteiger partial charge on any atom is 0.469 e. The van der Waals surface area contributed by atoms with Gasteiger partial charge in [0, 0.05) is 7.05 Å².